The third kappa shape index (κ3) is 6.23. The van der Waals surface area contributed by atoms with Crippen molar-refractivity contribution in [2.45, 2.75) is 19.9 Å². The van der Waals surface area contributed by atoms with Crippen LogP contribution < -0.4 is 24.8 Å². The number of hydrogen-bond donors (Lipinski definition) is 2. The molecule has 2 aromatic rings. The van der Waals surface area contributed by atoms with Crippen molar-refractivity contribution in [3.63, 3.8) is 0 Å². The third-order valence-electron chi connectivity index (χ3n) is 4.11. The van der Waals surface area contributed by atoms with Crippen LogP contribution in [0.1, 0.15) is 18.1 Å². The van der Waals surface area contributed by atoms with Gasteiger partial charge in [-0.15, -0.1) is 0 Å². The van der Waals surface area contributed by atoms with Crippen molar-refractivity contribution in [1.82, 2.24) is 10.6 Å². The summed E-state index contributed by atoms with van der Waals surface area (Å²) >= 11 is 5.93. The van der Waals surface area contributed by atoms with Crippen molar-refractivity contribution in [2.24, 2.45) is 4.99 Å². The summed E-state index contributed by atoms with van der Waals surface area (Å²) in [5.41, 5.74) is 2.18. The Hall–Kier alpha value is -2.60. The second-order valence-corrected chi connectivity index (χ2v) is 6.47. The first kappa shape index (κ1) is 21.7. The summed E-state index contributed by atoms with van der Waals surface area (Å²) in [6.45, 7) is 4.06. The molecule has 0 amide bonds. The molecule has 0 heterocycles. The lowest BCUT2D eigenvalue weighted by atomic mass is 10.1. The van der Waals surface area contributed by atoms with E-state index in [4.69, 9.17) is 25.8 Å². The van der Waals surface area contributed by atoms with E-state index in [-0.39, 0.29) is 0 Å². The van der Waals surface area contributed by atoms with Crippen LogP contribution in [0.25, 0.3) is 0 Å². The minimum atomic E-state index is 0.479. The van der Waals surface area contributed by atoms with Gasteiger partial charge < -0.3 is 24.8 Å². The lowest BCUT2D eigenvalue weighted by molar-refractivity contribution is 0.324. The summed E-state index contributed by atoms with van der Waals surface area (Å²) < 4.78 is 16.2. The van der Waals surface area contributed by atoms with Crippen LogP contribution >= 0.6 is 11.6 Å². The van der Waals surface area contributed by atoms with Gasteiger partial charge in [0.1, 0.15) is 0 Å². The molecular weight excluding hydrogens is 378 g/mol. The van der Waals surface area contributed by atoms with E-state index in [1.165, 1.54) is 5.56 Å². The second kappa shape index (κ2) is 11.3. The molecule has 7 heteroatoms. The topological polar surface area (TPSA) is 64.1 Å². The van der Waals surface area contributed by atoms with Gasteiger partial charge in [-0.05, 0) is 48.7 Å². The van der Waals surface area contributed by atoms with Gasteiger partial charge >= 0.3 is 0 Å². The average Bonchev–Trinajstić information content (AvgIpc) is 2.72. The molecule has 0 fully saturated rings. The summed E-state index contributed by atoms with van der Waals surface area (Å²) in [5, 5.41) is 7.36. The number of rotatable bonds is 9. The van der Waals surface area contributed by atoms with Gasteiger partial charge in [-0.3, -0.25) is 0 Å². The number of nitrogens with zero attached hydrogens (tertiary/aromatic N) is 1. The van der Waals surface area contributed by atoms with E-state index < -0.39 is 0 Å². The highest BCUT2D eigenvalue weighted by Crippen LogP contribution is 2.38. The highest BCUT2D eigenvalue weighted by atomic mass is 35.5. The molecule has 152 valence electrons. The summed E-state index contributed by atoms with van der Waals surface area (Å²) in [7, 11) is 4.80. The predicted molar refractivity (Wildman–Crippen MR) is 114 cm³/mol. The van der Waals surface area contributed by atoms with E-state index in [1.54, 1.807) is 21.3 Å². The van der Waals surface area contributed by atoms with Crippen molar-refractivity contribution < 1.29 is 14.2 Å². The number of aliphatic imine (C=N–C) groups is 1. The fraction of sp³-hybridized carbons (Fsp3) is 0.381. The number of nitrogens with one attached hydrogen (secondary N) is 2. The Balaban J connectivity index is 2.04. The first-order valence-electron chi connectivity index (χ1n) is 9.16. The van der Waals surface area contributed by atoms with E-state index in [0.717, 1.165) is 36.1 Å². The van der Waals surface area contributed by atoms with Crippen LogP contribution in [-0.2, 0) is 13.0 Å². The van der Waals surface area contributed by atoms with Gasteiger partial charge in [-0.2, -0.15) is 0 Å². The molecular formula is C21H28ClN3O3. The Morgan fingerprint density at radius 2 is 1.57 bits per heavy atom. The van der Waals surface area contributed by atoms with Crippen molar-refractivity contribution in [1.29, 1.82) is 0 Å². The average molecular weight is 406 g/mol. The Kier molecular flexibility index (Phi) is 8.75. The van der Waals surface area contributed by atoms with Gasteiger partial charge in [-0.25, -0.2) is 4.99 Å². The smallest absolute Gasteiger partial charge is 0.203 e. The predicted octanol–water partition coefficient (Wildman–Crippen LogP) is 3.66. The third-order valence-corrected chi connectivity index (χ3v) is 4.36. The molecule has 0 saturated heterocycles. The zero-order chi connectivity index (χ0) is 20.4. The van der Waals surface area contributed by atoms with Crippen LogP contribution in [0.4, 0.5) is 0 Å². The van der Waals surface area contributed by atoms with Gasteiger partial charge in [0.05, 0.1) is 27.9 Å². The molecule has 0 aromatic heterocycles. The van der Waals surface area contributed by atoms with E-state index in [0.29, 0.717) is 23.8 Å². The highest BCUT2D eigenvalue weighted by Gasteiger charge is 2.13. The second-order valence-electron chi connectivity index (χ2n) is 6.03. The van der Waals surface area contributed by atoms with E-state index in [9.17, 15) is 0 Å². The van der Waals surface area contributed by atoms with Crippen LogP contribution in [0.5, 0.6) is 17.2 Å². The number of halogens is 1. The van der Waals surface area contributed by atoms with E-state index in [1.807, 2.05) is 43.3 Å². The van der Waals surface area contributed by atoms with Crippen molar-refractivity contribution >= 4 is 17.6 Å². The fourth-order valence-electron chi connectivity index (χ4n) is 2.72. The molecule has 0 atom stereocenters. The van der Waals surface area contributed by atoms with Gasteiger partial charge in [-0.1, -0.05) is 23.7 Å². The zero-order valence-electron chi connectivity index (χ0n) is 16.8. The molecule has 2 aromatic carbocycles. The van der Waals surface area contributed by atoms with Crippen molar-refractivity contribution in [3.05, 3.63) is 52.5 Å². The van der Waals surface area contributed by atoms with Crippen molar-refractivity contribution in [3.8, 4) is 17.2 Å². The molecule has 0 saturated carbocycles. The summed E-state index contributed by atoms with van der Waals surface area (Å²) in [5.74, 6) is 2.57. The SMILES string of the molecule is CCNC(=NCc1cc(OC)c(OC)c(OC)c1)NCCc1ccc(Cl)cc1. The molecule has 28 heavy (non-hydrogen) atoms. The van der Waals surface area contributed by atoms with E-state index >= 15 is 0 Å². The Labute approximate surface area is 171 Å². The summed E-state index contributed by atoms with van der Waals surface area (Å²) in [6.07, 6.45) is 0.881. The molecule has 6 nitrogen and oxygen atoms in total. The molecule has 0 radical (unpaired) electrons. The van der Waals surface area contributed by atoms with Gasteiger partial charge in [0.2, 0.25) is 5.75 Å². The highest BCUT2D eigenvalue weighted by molar-refractivity contribution is 6.30. The molecule has 0 spiro atoms. The van der Waals surface area contributed by atoms with Gasteiger partial charge in [0.15, 0.2) is 17.5 Å². The zero-order valence-corrected chi connectivity index (χ0v) is 17.6. The minimum Gasteiger partial charge on any atom is -0.493 e. The van der Waals surface area contributed by atoms with Crippen LogP contribution in [0.15, 0.2) is 41.4 Å². The maximum absolute atomic E-state index is 5.93. The van der Waals surface area contributed by atoms with Crippen LogP contribution in [0.2, 0.25) is 5.02 Å². The van der Waals surface area contributed by atoms with Gasteiger partial charge in [0.25, 0.3) is 0 Å². The maximum atomic E-state index is 5.93. The summed E-state index contributed by atoms with van der Waals surface area (Å²) in [4.78, 5) is 4.66. The first-order chi connectivity index (χ1) is 13.6. The summed E-state index contributed by atoms with van der Waals surface area (Å²) in [6, 6.07) is 11.7. The number of ether oxygens (including phenoxy) is 3. The van der Waals surface area contributed by atoms with Crippen molar-refractivity contribution in [2.75, 3.05) is 34.4 Å². The van der Waals surface area contributed by atoms with Crippen LogP contribution in [0, 0.1) is 0 Å². The lowest BCUT2D eigenvalue weighted by Crippen LogP contribution is -2.38. The van der Waals surface area contributed by atoms with Crippen LogP contribution in [-0.4, -0.2) is 40.4 Å². The van der Waals surface area contributed by atoms with E-state index in [2.05, 4.69) is 15.6 Å². The lowest BCUT2D eigenvalue weighted by Gasteiger charge is -2.14. The number of methoxy groups -OCH3 is 3. The molecule has 2 rings (SSSR count). The molecule has 0 bridgehead atoms. The Bertz CT molecular complexity index is 754. The monoisotopic (exact) mass is 405 g/mol. The Morgan fingerprint density at radius 1 is 0.929 bits per heavy atom. The molecule has 0 aliphatic heterocycles. The molecule has 0 aliphatic carbocycles. The number of benzene rings is 2. The molecule has 2 N–H and O–H groups in total. The number of guanidine groups is 1. The van der Waals surface area contributed by atoms with Gasteiger partial charge in [0, 0.05) is 18.1 Å². The fourth-order valence-corrected chi connectivity index (χ4v) is 2.84. The largest absolute Gasteiger partial charge is 0.493 e. The normalized spacial score (nSPS) is 11.1. The van der Waals surface area contributed by atoms with Crippen LogP contribution in [0.3, 0.4) is 0 Å². The number of hydrogen-bond acceptors (Lipinski definition) is 4. The Morgan fingerprint density at radius 3 is 2.11 bits per heavy atom. The quantitative estimate of drug-likeness (QED) is 0.492. The first-order valence-corrected chi connectivity index (χ1v) is 9.54. The maximum Gasteiger partial charge on any atom is 0.203 e. The molecule has 0 aliphatic rings. The standard InChI is InChI=1S/C21H28ClN3O3/c1-5-23-21(24-11-10-15-6-8-17(22)9-7-15)25-14-16-12-18(26-2)20(28-4)19(13-16)27-3/h6-9,12-13H,5,10-11,14H2,1-4H3,(H2,23,24,25). The molecule has 0 unspecified atom stereocenters. The minimum absolute atomic E-state index is 0.479.